The van der Waals surface area contributed by atoms with Gasteiger partial charge in [0.05, 0.1) is 17.5 Å². The van der Waals surface area contributed by atoms with Crippen LogP contribution in [-0.4, -0.2) is 18.2 Å². The number of aryl methyl sites for hydroxylation is 1. The number of hydrazine groups is 1. The molecule has 4 nitrogen and oxygen atoms in total. The van der Waals surface area contributed by atoms with E-state index in [4.69, 9.17) is 0 Å². The Morgan fingerprint density at radius 3 is 2.57 bits per heavy atom. The maximum absolute atomic E-state index is 10.5. The molecule has 0 unspecified atom stereocenters. The third-order valence-electron chi connectivity index (χ3n) is 2.43. The van der Waals surface area contributed by atoms with Crippen LogP contribution in [-0.2, 0) is 0 Å². The van der Waals surface area contributed by atoms with Crippen LogP contribution in [0.4, 0.5) is 5.69 Å². The number of hydrogen-bond acceptors (Lipinski definition) is 3. The van der Waals surface area contributed by atoms with Crippen molar-refractivity contribution >= 4 is 5.69 Å². The van der Waals surface area contributed by atoms with Gasteiger partial charge >= 0.3 is 0 Å². The molecule has 1 aliphatic rings. The third kappa shape index (κ3) is 1.55. The summed E-state index contributed by atoms with van der Waals surface area (Å²) in [7, 11) is 0. The molecular formula is C10H13N3O. The molecule has 1 heterocycles. The molecule has 74 valence electrons. The van der Waals surface area contributed by atoms with E-state index in [0.717, 1.165) is 25.2 Å². The number of benzene rings is 1. The van der Waals surface area contributed by atoms with Gasteiger partial charge in [0.15, 0.2) is 0 Å². The van der Waals surface area contributed by atoms with E-state index in [2.05, 4.69) is 5.29 Å². The quantitative estimate of drug-likeness (QED) is 0.671. The highest BCUT2D eigenvalue weighted by Crippen LogP contribution is 2.21. The molecule has 1 saturated heterocycles. The second kappa shape index (κ2) is 3.65. The molecule has 14 heavy (non-hydrogen) atoms. The van der Waals surface area contributed by atoms with Crippen molar-refractivity contribution in [1.29, 1.82) is 0 Å². The van der Waals surface area contributed by atoms with Gasteiger partial charge in [0, 0.05) is 6.54 Å². The van der Waals surface area contributed by atoms with Gasteiger partial charge in [-0.2, -0.15) is 5.12 Å². The highest BCUT2D eigenvalue weighted by Gasteiger charge is 2.21. The lowest BCUT2D eigenvalue weighted by atomic mass is 10.2. The Hall–Kier alpha value is -1.58. The lowest BCUT2D eigenvalue weighted by molar-refractivity contribution is 0.325. The first-order valence-corrected chi connectivity index (χ1v) is 4.76. The normalized spacial score (nSPS) is 16.1. The van der Waals surface area contributed by atoms with Crippen LogP contribution in [0.15, 0.2) is 29.6 Å². The summed E-state index contributed by atoms with van der Waals surface area (Å²) in [6, 6.07) is 8.10. The molecular weight excluding hydrogens is 178 g/mol. The van der Waals surface area contributed by atoms with Crippen molar-refractivity contribution in [1.82, 2.24) is 5.12 Å². The summed E-state index contributed by atoms with van der Waals surface area (Å²) >= 11 is 0. The summed E-state index contributed by atoms with van der Waals surface area (Å²) in [5.74, 6) is 0. The molecule has 1 aliphatic heterocycles. The summed E-state index contributed by atoms with van der Waals surface area (Å²) < 4.78 is 0. The first kappa shape index (κ1) is 8.99. The third-order valence-corrected chi connectivity index (χ3v) is 2.43. The highest BCUT2D eigenvalue weighted by molar-refractivity contribution is 5.46. The van der Waals surface area contributed by atoms with E-state index in [1.165, 1.54) is 10.7 Å². The van der Waals surface area contributed by atoms with Crippen LogP contribution >= 0.6 is 0 Å². The van der Waals surface area contributed by atoms with E-state index in [-0.39, 0.29) is 0 Å². The minimum atomic E-state index is 0.720. The molecule has 1 aromatic carbocycles. The Kier molecular flexibility index (Phi) is 2.35. The lowest BCUT2D eigenvalue weighted by Crippen LogP contribution is -2.31. The molecule has 4 heteroatoms. The summed E-state index contributed by atoms with van der Waals surface area (Å²) in [6.45, 7) is 3.63. The molecule has 0 N–H and O–H groups in total. The fourth-order valence-corrected chi connectivity index (χ4v) is 1.66. The minimum Gasteiger partial charge on any atom is -0.267 e. The first-order valence-electron chi connectivity index (χ1n) is 4.76. The van der Waals surface area contributed by atoms with Crippen molar-refractivity contribution in [3.8, 4) is 0 Å². The Balaban J connectivity index is 2.21. The van der Waals surface area contributed by atoms with Crippen molar-refractivity contribution < 1.29 is 0 Å². The minimum absolute atomic E-state index is 0.720. The maximum atomic E-state index is 10.5. The topological polar surface area (TPSA) is 35.9 Å². The summed E-state index contributed by atoms with van der Waals surface area (Å²) in [6.07, 6.45) is 0.986. The molecule has 0 bridgehead atoms. The van der Waals surface area contributed by atoms with Gasteiger partial charge in [-0.25, -0.2) is 0 Å². The Bertz CT molecular complexity index is 323. The molecule has 0 aliphatic carbocycles. The van der Waals surface area contributed by atoms with Gasteiger partial charge in [0.1, 0.15) is 0 Å². The van der Waals surface area contributed by atoms with Crippen LogP contribution in [0, 0.1) is 11.8 Å². The van der Waals surface area contributed by atoms with E-state index < -0.39 is 0 Å². The van der Waals surface area contributed by atoms with Crippen molar-refractivity contribution in [2.75, 3.05) is 18.1 Å². The standard InChI is InChI=1S/C10H13N3O/c1-9-3-5-10(6-4-9)12-7-2-8-13(12)11-14/h3-6H,2,7-8H2,1H3. The van der Waals surface area contributed by atoms with E-state index in [9.17, 15) is 4.91 Å². The van der Waals surface area contributed by atoms with E-state index in [1.54, 1.807) is 0 Å². The van der Waals surface area contributed by atoms with Crippen LogP contribution in [0.25, 0.3) is 0 Å². The fraction of sp³-hybridized carbons (Fsp3) is 0.400. The zero-order chi connectivity index (χ0) is 9.97. The van der Waals surface area contributed by atoms with Crippen LogP contribution < -0.4 is 5.01 Å². The molecule has 0 aromatic heterocycles. The zero-order valence-corrected chi connectivity index (χ0v) is 8.18. The predicted molar refractivity (Wildman–Crippen MR) is 55.6 cm³/mol. The predicted octanol–water partition coefficient (Wildman–Crippen LogP) is 2.10. The molecule has 2 rings (SSSR count). The van der Waals surface area contributed by atoms with Gasteiger partial charge in [0.25, 0.3) is 0 Å². The largest absolute Gasteiger partial charge is 0.267 e. The van der Waals surface area contributed by atoms with Gasteiger partial charge in [-0.15, -0.1) is 4.91 Å². The van der Waals surface area contributed by atoms with E-state index in [1.807, 2.05) is 36.2 Å². The Labute approximate surface area is 83.0 Å². The number of rotatable bonds is 2. The highest BCUT2D eigenvalue weighted by atomic mass is 16.3. The maximum Gasteiger partial charge on any atom is 0.0733 e. The van der Waals surface area contributed by atoms with Crippen molar-refractivity contribution in [3.05, 3.63) is 34.7 Å². The Morgan fingerprint density at radius 1 is 1.21 bits per heavy atom. The SMILES string of the molecule is Cc1ccc(N2CCCN2N=O)cc1. The van der Waals surface area contributed by atoms with Crippen LogP contribution in [0.3, 0.4) is 0 Å². The summed E-state index contributed by atoms with van der Waals surface area (Å²) in [5.41, 5.74) is 2.26. The van der Waals surface area contributed by atoms with Gasteiger partial charge in [0.2, 0.25) is 0 Å². The van der Waals surface area contributed by atoms with Crippen molar-refractivity contribution in [3.63, 3.8) is 0 Å². The van der Waals surface area contributed by atoms with Gasteiger partial charge in [-0.1, -0.05) is 17.7 Å². The summed E-state index contributed by atoms with van der Waals surface area (Å²) in [5, 5.41) is 6.36. The van der Waals surface area contributed by atoms with Crippen LogP contribution in [0.5, 0.6) is 0 Å². The van der Waals surface area contributed by atoms with Gasteiger partial charge < -0.3 is 0 Å². The second-order valence-electron chi connectivity index (χ2n) is 3.49. The smallest absolute Gasteiger partial charge is 0.0733 e. The fourth-order valence-electron chi connectivity index (χ4n) is 1.66. The van der Waals surface area contributed by atoms with E-state index in [0.29, 0.717) is 0 Å². The lowest BCUT2D eigenvalue weighted by Gasteiger charge is -2.23. The van der Waals surface area contributed by atoms with Crippen molar-refractivity contribution in [2.45, 2.75) is 13.3 Å². The average molecular weight is 191 g/mol. The molecule has 0 saturated carbocycles. The molecule has 0 atom stereocenters. The van der Waals surface area contributed by atoms with E-state index >= 15 is 0 Å². The summed E-state index contributed by atoms with van der Waals surface area (Å²) in [4.78, 5) is 10.5. The first-order chi connectivity index (χ1) is 6.81. The number of nitrogens with zero attached hydrogens (tertiary/aromatic N) is 3. The van der Waals surface area contributed by atoms with Gasteiger partial charge in [-0.3, -0.25) is 5.01 Å². The van der Waals surface area contributed by atoms with Crippen LogP contribution in [0.1, 0.15) is 12.0 Å². The van der Waals surface area contributed by atoms with Crippen molar-refractivity contribution in [2.24, 2.45) is 5.29 Å². The molecule has 0 amide bonds. The molecule has 0 spiro atoms. The van der Waals surface area contributed by atoms with Gasteiger partial charge in [-0.05, 0) is 25.5 Å². The molecule has 0 radical (unpaired) electrons. The Morgan fingerprint density at radius 2 is 1.93 bits per heavy atom. The number of nitroso groups, excluding NO2 is 1. The second-order valence-corrected chi connectivity index (χ2v) is 3.49. The number of hydrogen-bond donors (Lipinski definition) is 0. The zero-order valence-electron chi connectivity index (χ0n) is 8.18. The molecule has 1 aromatic rings. The monoisotopic (exact) mass is 191 g/mol. The number of anilines is 1. The average Bonchev–Trinajstić information content (AvgIpc) is 2.67. The molecule has 1 fully saturated rings. The van der Waals surface area contributed by atoms with Crippen LogP contribution in [0.2, 0.25) is 0 Å².